The zero-order valence-electron chi connectivity index (χ0n) is 12.1. The first-order valence-corrected chi connectivity index (χ1v) is 10.3. The van der Waals surface area contributed by atoms with E-state index in [1.54, 1.807) is 5.20 Å². The molecule has 0 aromatic heterocycles. The van der Waals surface area contributed by atoms with E-state index in [2.05, 4.69) is 33.5 Å². The Bertz CT molecular complexity index is 260. The van der Waals surface area contributed by atoms with Crippen molar-refractivity contribution in [2.45, 2.75) is 65.5 Å². The smallest absolute Gasteiger partial charge is 0.157 e. The number of hydrogen-bond acceptors (Lipinski definition) is 2. The Morgan fingerprint density at radius 2 is 1.94 bits per heavy atom. The van der Waals surface area contributed by atoms with Gasteiger partial charge in [-0.15, -0.1) is 0 Å². The van der Waals surface area contributed by atoms with Gasteiger partial charge < -0.3 is 9.47 Å². The molecule has 0 aromatic carbocycles. The summed E-state index contributed by atoms with van der Waals surface area (Å²) in [6.45, 7) is 13.4. The van der Waals surface area contributed by atoms with Crippen LogP contribution in [0.3, 0.4) is 0 Å². The summed E-state index contributed by atoms with van der Waals surface area (Å²) in [5, 5.41) is 1.62. The van der Waals surface area contributed by atoms with Gasteiger partial charge in [0, 0.05) is 6.61 Å². The van der Waals surface area contributed by atoms with E-state index >= 15 is 0 Å². The maximum Gasteiger partial charge on any atom is 0.157 e. The van der Waals surface area contributed by atoms with E-state index in [0.717, 1.165) is 26.1 Å². The molecule has 1 saturated heterocycles. The Kier molecular flexibility index (Phi) is 5.90. The molecule has 1 fully saturated rings. The number of rotatable bonds is 5. The van der Waals surface area contributed by atoms with Crippen LogP contribution >= 0.6 is 0 Å². The van der Waals surface area contributed by atoms with Crippen LogP contribution in [0.2, 0.25) is 19.6 Å². The highest BCUT2D eigenvalue weighted by Gasteiger charge is 2.18. The molecular formula is C14H28O2Si. The molecule has 3 heteroatoms. The van der Waals surface area contributed by atoms with Crippen molar-refractivity contribution in [3.63, 3.8) is 0 Å². The molecule has 100 valence electrons. The van der Waals surface area contributed by atoms with Gasteiger partial charge in [0.2, 0.25) is 0 Å². The largest absolute Gasteiger partial charge is 0.353 e. The van der Waals surface area contributed by atoms with Crippen LogP contribution in [0.15, 0.2) is 10.8 Å². The molecule has 0 aromatic rings. The van der Waals surface area contributed by atoms with Gasteiger partial charge in [-0.3, -0.25) is 0 Å². The third-order valence-corrected chi connectivity index (χ3v) is 6.36. The number of allylic oxidation sites excluding steroid dienone is 1. The lowest BCUT2D eigenvalue weighted by Gasteiger charge is -2.24. The molecule has 2 nitrogen and oxygen atoms in total. The molecule has 0 amide bonds. The molecule has 0 bridgehead atoms. The normalized spacial score (nSPS) is 23.5. The zero-order chi connectivity index (χ0) is 12.9. The fourth-order valence-corrected chi connectivity index (χ4v) is 3.42. The Morgan fingerprint density at radius 3 is 2.47 bits per heavy atom. The molecule has 1 aliphatic rings. The summed E-state index contributed by atoms with van der Waals surface area (Å²) >= 11 is 0. The summed E-state index contributed by atoms with van der Waals surface area (Å²) in [5.74, 6) is 0. The predicted molar refractivity (Wildman–Crippen MR) is 75.9 cm³/mol. The van der Waals surface area contributed by atoms with Gasteiger partial charge >= 0.3 is 0 Å². The molecule has 1 aliphatic heterocycles. The van der Waals surface area contributed by atoms with Crippen LogP contribution in [-0.2, 0) is 9.47 Å². The van der Waals surface area contributed by atoms with Gasteiger partial charge in [-0.05, 0) is 39.5 Å². The van der Waals surface area contributed by atoms with Crippen molar-refractivity contribution in [3.8, 4) is 0 Å². The van der Waals surface area contributed by atoms with Crippen molar-refractivity contribution in [1.82, 2.24) is 0 Å². The van der Waals surface area contributed by atoms with Crippen LogP contribution in [0.5, 0.6) is 0 Å². The predicted octanol–water partition coefficient (Wildman–Crippen LogP) is 4.13. The Labute approximate surface area is 107 Å². The van der Waals surface area contributed by atoms with E-state index in [-0.39, 0.29) is 6.29 Å². The van der Waals surface area contributed by atoms with E-state index < -0.39 is 8.07 Å². The van der Waals surface area contributed by atoms with Gasteiger partial charge in [-0.2, -0.15) is 0 Å². The summed E-state index contributed by atoms with van der Waals surface area (Å²) in [4.78, 5) is 0. The Hall–Kier alpha value is -0.123. The second-order valence-corrected chi connectivity index (χ2v) is 11.3. The van der Waals surface area contributed by atoms with Crippen molar-refractivity contribution >= 4 is 8.07 Å². The fourth-order valence-electron chi connectivity index (χ4n) is 2.01. The van der Waals surface area contributed by atoms with Crippen molar-refractivity contribution in [2.75, 3.05) is 13.2 Å². The topological polar surface area (TPSA) is 18.5 Å². The number of ether oxygens (including phenoxy) is 2. The van der Waals surface area contributed by atoms with E-state index in [0.29, 0.717) is 0 Å². The summed E-state index contributed by atoms with van der Waals surface area (Å²) in [7, 11) is -1.12. The first-order valence-electron chi connectivity index (χ1n) is 6.81. The van der Waals surface area contributed by atoms with E-state index in [9.17, 15) is 0 Å². The van der Waals surface area contributed by atoms with Crippen LogP contribution in [0, 0.1) is 0 Å². The SMILES string of the molecule is C/C(CCOC1CCCCO1)=C(\C)[Si](C)(C)C. The average Bonchev–Trinajstić information content (AvgIpc) is 2.28. The quantitative estimate of drug-likeness (QED) is 0.689. The monoisotopic (exact) mass is 256 g/mol. The van der Waals surface area contributed by atoms with Gasteiger partial charge in [0.15, 0.2) is 6.29 Å². The second kappa shape index (κ2) is 6.71. The van der Waals surface area contributed by atoms with Crippen LogP contribution in [0.25, 0.3) is 0 Å². The van der Waals surface area contributed by atoms with Crippen LogP contribution in [0.1, 0.15) is 39.5 Å². The standard InChI is InChI=1S/C14H28O2Si/c1-12(13(2)17(3,4)5)9-11-16-14-8-6-7-10-15-14/h14H,6-11H2,1-5H3/b13-12-. The molecule has 0 radical (unpaired) electrons. The van der Waals surface area contributed by atoms with Crippen LogP contribution in [-0.4, -0.2) is 27.6 Å². The highest BCUT2D eigenvalue weighted by atomic mass is 28.3. The van der Waals surface area contributed by atoms with E-state index in [1.807, 2.05) is 0 Å². The van der Waals surface area contributed by atoms with Gasteiger partial charge in [0.05, 0.1) is 14.7 Å². The van der Waals surface area contributed by atoms with Gasteiger partial charge in [-0.1, -0.05) is 30.4 Å². The van der Waals surface area contributed by atoms with Crippen molar-refractivity contribution in [3.05, 3.63) is 10.8 Å². The summed E-state index contributed by atoms with van der Waals surface area (Å²) in [5.41, 5.74) is 1.51. The highest BCUT2D eigenvalue weighted by molar-refractivity contribution is 6.83. The van der Waals surface area contributed by atoms with E-state index in [1.165, 1.54) is 18.4 Å². The minimum atomic E-state index is -1.12. The van der Waals surface area contributed by atoms with Gasteiger partial charge in [0.1, 0.15) is 0 Å². The van der Waals surface area contributed by atoms with Crippen molar-refractivity contribution < 1.29 is 9.47 Å². The number of hydrogen-bond donors (Lipinski definition) is 0. The molecule has 1 unspecified atom stereocenters. The lowest BCUT2D eigenvalue weighted by Crippen LogP contribution is -2.25. The molecule has 1 atom stereocenters. The Morgan fingerprint density at radius 1 is 1.24 bits per heavy atom. The highest BCUT2D eigenvalue weighted by Crippen LogP contribution is 2.20. The van der Waals surface area contributed by atoms with E-state index in [4.69, 9.17) is 9.47 Å². The van der Waals surface area contributed by atoms with Crippen molar-refractivity contribution in [1.29, 1.82) is 0 Å². The van der Waals surface area contributed by atoms with Gasteiger partial charge in [0.25, 0.3) is 0 Å². The average molecular weight is 256 g/mol. The lowest BCUT2D eigenvalue weighted by atomic mass is 10.2. The van der Waals surface area contributed by atoms with Crippen molar-refractivity contribution in [2.24, 2.45) is 0 Å². The molecule has 0 spiro atoms. The molecule has 0 saturated carbocycles. The Balaban J connectivity index is 2.30. The molecule has 0 aliphatic carbocycles. The molecule has 0 N–H and O–H groups in total. The summed E-state index contributed by atoms with van der Waals surface area (Å²) in [6, 6.07) is 0. The maximum absolute atomic E-state index is 5.78. The fraction of sp³-hybridized carbons (Fsp3) is 0.857. The minimum Gasteiger partial charge on any atom is -0.353 e. The van der Waals surface area contributed by atoms with Crippen LogP contribution < -0.4 is 0 Å². The molecule has 1 heterocycles. The summed E-state index contributed by atoms with van der Waals surface area (Å²) < 4.78 is 11.3. The second-order valence-electron chi connectivity index (χ2n) is 6.07. The first-order chi connectivity index (χ1) is 7.91. The maximum atomic E-state index is 5.78. The minimum absolute atomic E-state index is 0.0590. The molecule has 17 heavy (non-hydrogen) atoms. The lowest BCUT2D eigenvalue weighted by molar-refractivity contribution is -0.161. The third kappa shape index (κ3) is 5.36. The zero-order valence-corrected chi connectivity index (χ0v) is 13.1. The molecular weight excluding hydrogens is 228 g/mol. The third-order valence-electron chi connectivity index (χ3n) is 3.68. The van der Waals surface area contributed by atoms with Crippen LogP contribution in [0.4, 0.5) is 0 Å². The first kappa shape index (κ1) is 14.9. The van der Waals surface area contributed by atoms with Gasteiger partial charge in [-0.25, -0.2) is 0 Å². The molecule has 1 rings (SSSR count). The summed E-state index contributed by atoms with van der Waals surface area (Å²) in [6.07, 6.45) is 4.61.